The largest absolute Gasteiger partial charge is 0.399 e. The first-order valence-electron chi connectivity index (χ1n) is 5.95. The van der Waals surface area contributed by atoms with Crippen LogP contribution in [0.25, 0.3) is 0 Å². The Labute approximate surface area is 117 Å². The van der Waals surface area contributed by atoms with Gasteiger partial charge in [-0.25, -0.2) is 0 Å². The molecule has 0 atom stereocenters. The van der Waals surface area contributed by atoms with Gasteiger partial charge in [0.1, 0.15) is 0 Å². The van der Waals surface area contributed by atoms with Crippen LogP contribution in [-0.4, -0.2) is 5.91 Å². The maximum Gasteiger partial charge on any atom is 0.228 e. The lowest BCUT2D eigenvalue weighted by molar-refractivity contribution is -0.115. The Morgan fingerprint density at radius 2 is 1.89 bits per heavy atom. The highest BCUT2D eigenvalue weighted by Gasteiger charge is 2.06. The highest BCUT2D eigenvalue weighted by atomic mass is 35.5. The Balaban J connectivity index is 2.05. The van der Waals surface area contributed by atoms with E-state index >= 15 is 0 Å². The first-order valence-corrected chi connectivity index (χ1v) is 6.33. The van der Waals surface area contributed by atoms with Gasteiger partial charge in [-0.15, -0.1) is 0 Å². The van der Waals surface area contributed by atoms with Crippen molar-refractivity contribution in [3.63, 3.8) is 0 Å². The number of nitrogens with one attached hydrogen (secondary N) is 1. The van der Waals surface area contributed by atoms with Crippen molar-refractivity contribution in [2.75, 3.05) is 11.1 Å². The lowest BCUT2D eigenvalue weighted by atomic mass is 10.1. The third-order valence-electron chi connectivity index (χ3n) is 2.81. The molecule has 4 heteroatoms. The number of nitrogen functional groups attached to an aromatic ring is 1. The summed E-state index contributed by atoms with van der Waals surface area (Å²) in [5.74, 6) is -0.0731. The van der Waals surface area contributed by atoms with Crippen molar-refractivity contribution in [3.05, 3.63) is 58.6 Å². The zero-order chi connectivity index (χ0) is 13.8. The molecule has 0 fully saturated rings. The van der Waals surface area contributed by atoms with Gasteiger partial charge in [-0.05, 0) is 42.3 Å². The Hall–Kier alpha value is -2.00. The molecular formula is C15H15ClN2O. The quantitative estimate of drug-likeness (QED) is 0.843. The first kappa shape index (κ1) is 13.4. The molecular weight excluding hydrogens is 260 g/mol. The molecule has 3 nitrogen and oxygen atoms in total. The molecule has 0 aromatic heterocycles. The summed E-state index contributed by atoms with van der Waals surface area (Å²) < 4.78 is 0. The van der Waals surface area contributed by atoms with E-state index < -0.39 is 0 Å². The Morgan fingerprint density at radius 3 is 2.58 bits per heavy atom. The van der Waals surface area contributed by atoms with Crippen molar-refractivity contribution in [2.45, 2.75) is 13.3 Å². The molecule has 0 unspecified atom stereocenters. The number of hydrogen-bond acceptors (Lipinski definition) is 2. The van der Waals surface area contributed by atoms with Crippen LogP contribution >= 0.6 is 11.6 Å². The van der Waals surface area contributed by atoms with Crippen LogP contribution in [-0.2, 0) is 11.2 Å². The molecule has 0 heterocycles. The predicted octanol–water partition coefficient (Wildman–Crippen LogP) is 3.41. The number of hydrogen-bond donors (Lipinski definition) is 2. The highest BCUT2D eigenvalue weighted by molar-refractivity contribution is 6.30. The van der Waals surface area contributed by atoms with Crippen LogP contribution in [0.5, 0.6) is 0 Å². The summed E-state index contributed by atoms with van der Waals surface area (Å²) in [5.41, 5.74) is 8.99. The average Bonchev–Trinajstić information content (AvgIpc) is 2.37. The van der Waals surface area contributed by atoms with E-state index in [-0.39, 0.29) is 5.91 Å². The van der Waals surface area contributed by atoms with Crippen LogP contribution in [0.1, 0.15) is 11.1 Å². The average molecular weight is 275 g/mol. The Kier molecular flexibility index (Phi) is 4.07. The summed E-state index contributed by atoms with van der Waals surface area (Å²) in [7, 11) is 0. The summed E-state index contributed by atoms with van der Waals surface area (Å²) in [6, 6.07) is 12.7. The molecule has 0 aliphatic heterocycles. The molecule has 3 N–H and O–H groups in total. The standard InChI is InChI=1S/C15H15ClN2O/c1-10-2-7-13(17)9-14(10)18-15(19)8-11-3-5-12(16)6-4-11/h2-7,9H,8,17H2,1H3,(H,18,19). The van der Waals surface area contributed by atoms with Gasteiger partial charge in [0.15, 0.2) is 0 Å². The van der Waals surface area contributed by atoms with E-state index in [4.69, 9.17) is 17.3 Å². The van der Waals surface area contributed by atoms with Gasteiger partial charge in [0.2, 0.25) is 5.91 Å². The molecule has 19 heavy (non-hydrogen) atoms. The van der Waals surface area contributed by atoms with E-state index in [1.165, 1.54) is 0 Å². The van der Waals surface area contributed by atoms with Gasteiger partial charge in [-0.1, -0.05) is 29.8 Å². The van der Waals surface area contributed by atoms with E-state index in [0.29, 0.717) is 17.1 Å². The van der Waals surface area contributed by atoms with E-state index in [2.05, 4.69) is 5.32 Å². The second kappa shape index (κ2) is 5.76. The van der Waals surface area contributed by atoms with Gasteiger partial charge in [-0.3, -0.25) is 4.79 Å². The maximum atomic E-state index is 11.9. The minimum absolute atomic E-state index is 0.0731. The lowest BCUT2D eigenvalue weighted by Gasteiger charge is -2.09. The van der Waals surface area contributed by atoms with E-state index in [1.807, 2.05) is 31.2 Å². The molecule has 2 rings (SSSR count). The van der Waals surface area contributed by atoms with Crippen molar-refractivity contribution >= 4 is 28.9 Å². The number of rotatable bonds is 3. The summed E-state index contributed by atoms with van der Waals surface area (Å²) in [4.78, 5) is 11.9. The molecule has 98 valence electrons. The molecule has 0 radical (unpaired) electrons. The number of amides is 1. The third-order valence-corrected chi connectivity index (χ3v) is 3.07. The fourth-order valence-electron chi connectivity index (χ4n) is 1.76. The van der Waals surface area contributed by atoms with Crippen LogP contribution in [0.3, 0.4) is 0 Å². The van der Waals surface area contributed by atoms with Gasteiger partial charge in [0.05, 0.1) is 6.42 Å². The Morgan fingerprint density at radius 1 is 1.21 bits per heavy atom. The predicted molar refractivity (Wildman–Crippen MR) is 79.4 cm³/mol. The number of carbonyl (C=O) groups excluding carboxylic acids is 1. The number of benzene rings is 2. The molecule has 0 aliphatic rings. The molecule has 0 spiro atoms. The van der Waals surface area contributed by atoms with Gasteiger partial charge < -0.3 is 11.1 Å². The number of carbonyl (C=O) groups is 1. The molecule has 0 saturated heterocycles. The van der Waals surface area contributed by atoms with Crippen LogP contribution in [0.15, 0.2) is 42.5 Å². The van der Waals surface area contributed by atoms with Crippen LogP contribution < -0.4 is 11.1 Å². The number of anilines is 2. The van der Waals surface area contributed by atoms with Gasteiger partial charge >= 0.3 is 0 Å². The fraction of sp³-hybridized carbons (Fsp3) is 0.133. The molecule has 2 aromatic carbocycles. The number of halogens is 1. The van der Waals surface area contributed by atoms with Gasteiger partial charge in [-0.2, -0.15) is 0 Å². The normalized spacial score (nSPS) is 10.2. The lowest BCUT2D eigenvalue weighted by Crippen LogP contribution is -2.15. The first-order chi connectivity index (χ1) is 9.04. The van der Waals surface area contributed by atoms with Crippen LogP contribution in [0.4, 0.5) is 11.4 Å². The second-order valence-corrected chi connectivity index (χ2v) is 4.86. The monoisotopic (exact) mass is 274 g/mol. The van der Waals surface area contributed by atoms with E-state index in [9.17, 15) is 4.79 Å². The molecule has 0 aliphatic carbocycles. The zero-order valence-corrected chi connectivity index (χ0v) is 11.4. The van der Waals surface area contributed by atoms with E-state index in [1.54, 1.807) is 18.2 Å². The smallest absolute Gasteiger partial charge is 0.228 e. The molecule has 1 amide bonds. The minimum atomic E-state index is -0.0731. The van der Waals surface area contributed by atoms with Crippen LogP contribution in [0, 0.1) is 6.92 Å². The van der Waals surface area contributed by atoms with E-state index in [0.717, 1.165) is 16.8 Å². The molecule has 0 bridgehead atoms. The van der Waals surface area contributed by atoms with Crippen molar-refractivity contribution in [1.29, 1.82) is 0 Å². The number of aryl methyl sites for hydroxylation is 1. The topological polar surface area (TPSA) is 55.1 Å². The number of nitrogens with two attached hydrogens (primary N) is 1. The minimum Gasteiger partial charge on any atom is -0.399 e. The van der Waals surface area contributed by atoms with Crippen molar-refractivity contribution < 1.29 is 4.79 Å². The summed E-state index contributed by atoms with van der Waals surface area (Å²) >= 11 is 5.80. The van der Waals surface area contributed by atoms with Crippen molar-refractivity contribution in [3.8, 4) is 0 Å². The fourth-order valence-corrected chi connectivity index (χ4v) is 1.88. The van der Waals surface area contributed by atoms with Crippen molar-refractivity contribution in [1.82, 2.24) is 0 Å². The summed E-state index contributed by atoms with van der Waals surface area (Å²) in [6.45, 7) is 1.93. The molecule has 2 aromatic rings. The SMILES string of the molecule is Cc1ccc(N)cc1NC(=O)Cc1ccc(Cl)cc1. The van der Waals surface area contributed by atoms with Crippen molar-refractivity contribution in [2.24, 2.45) is 0 Å². The zero-order valence-electron chi connectivity index (χ0n) is 10.6. The highest BCUT2D eigenvalue weighted by Crippen LogP contribution is 2.18. The maximum absolute atomic E-state index is 11.9. The van der Waals surface area contributed by atoms with Gasteiger partial charge in [0, 0.05) is 16.4 Å². The second-order valence-electron chi connectivity index (χ2n) is 4.43. The molecule has 0 saturated carbocycles. The summed E-state index contributed by atoms with van der Waals surface area (Å²) in [6.07, 6.45) is 0.311. The summed E-state index contributed by atoms with van der Waals surface area (Å²) in [5, 5.41) is 3.53. The van der Waals surface area contributed by atoms with Crippen LogP contribution in [0.2, 0.25) is 5.02 Å². The third kappa shape index (κ3) is 3.73. The Bertz CT molecular complexity index is 594. The van der Waals surface area contributed by atoms with Gasteiger partial charge in [0.25, 0.3) is 0 Å².